The summed E-state index contributed by atoms with van der Waals surface area (Å²) in [7, 11) is -0.538. The lowest BCUT2D eigenvalue weighted by molar-refractivity contribution is 0.144. The lowest BCUT2D eigenvalue weighted by atomic mass is 10.2. The average molecular weight is 394 g/mol. The van der Waals surface area contributed by atoms with E-state index >= 15 is 0 Å². The van der Waals surface area contributed by atoms with Gasteiger partial charge in [-0.2, -0.15) is 0 Å². The molecule has 0 atom stereocenters. The molecule has 2 rings (SSSR count). The van der Waals surface area contributed by atoms with E-state index in [0.29, 0.717) is 24.8 Å². The number of nitrogens with zero attached hydrogens (tertiary/aromatic N) is 1. The molecule has 1 aromatic carbocycles. The van der Waals surface area contributed by atoms with Crippen LogP contribution in [0.3, 0.4) is 0 Å². The van der Waals surface area contributed by atoms with Crippen molar-refractivity contribution in [3.63, 3.8) is 0 Å². The molecule has 146 valence electrons. The molecule has 0 aliphatic rings. The van der Waals surface area contributed by atoms with Crippen LogP contribution >= 0.6 is 0 Å². The number of pyridine rings is 1. The van der Waals surface area contributed by atoms with Crippen molar-refractivity contribution in [1.82, 2.24) is 15.0 Å². The molecule has 0 aliphatic carbocycles. The zero-order valence-corrected chi connectivity index (χ0v) is 15.9. The van der Waals surface area contributed by atoms with Crippen LogP contribution in [0.25, 0.3) is 0 Å². The third-order valence-electron chi connectivity index (χ3n) is 3.49. The molecule has 2 aromatic rings. The largest absolute Gasteiger partial charge is 0.475 e. The van der Waals surface area contributed by atoms with Crippen LogP contribution in [0.1, 0.15) is 5.56 Å². The first kappa shape index (κ1) is 20.6. The van der Waals surface area contributed by atoms with E-state index in [9.17, 15) is 13.2 Å². The number of methoxy groups -OCH3 is 1. The first-order valence-corrected chi connectivity index (χ1v) is 9.58. The van der Waals surface area contributed by atoms with Gasteiger partial charge >= 0.3 is 6.03 Å². The SMILES string of the molecule is CNS(=O)(=O)c1ccc(CNC(=O)Nc2ccc(OCCOC)nc2)cc1. The Bertz CT molecular complexity index is 839. The fourth-order valence-electron chi connectivity index (χ4n) is 2.03. The lowest BCUT2D eigenvalue weighted by Gasteiger charge is -2.09. The molecule has 3 N–H and O–H groups in total. The number of aromatic nitrogens is 1. The number of ether oxygens (including phenoxy) is 2. The average Bonchev–Trinajstić information content (AvgIpc) is 2.68. The smallest absolute Gasteiger partial charge is 0.319 e. The fraction of sp³-hybridized carbons (Fsp3) is 0.294. The van der Waals surface area contributed by atoms with Crippen molar-refractivity contribution >= 4 is 21.7 Å². The van der Waals surface area contributed by atoms with Gasteiger partial charge in [-0.15, -0.1) is 0 Å². The van der Waals surface area contributed by atoms with Gasteiger partial charge in [-0.05, 0) is 30.8 Å². The fourth-order valence-corrected chi connectivity index (χ4v) is 2.76. The van der Waals surface area contributed by atoms with Gasteiger partial charge in [-0.25, -0.2) is 22.9 Å². The molecule has 10 heteroatoms. The van der Waals surface area contributed by atoms with Crippen LogP contribution in [-0.2, 0) is 21.3 Å². The monoisotopic (exact) mass is 394 g/mol. The Kier molecular flexibility index (Phi) is 7.53. The number of urea groups is 1. The zero-order valence-electron chi connectivity index (χ0n) is 15.1. The van der Waals surface area contributed by atoms with Crippen molar-refractivity contribution in [1.29, 1.82) is 0 Å². The molecule has 9 nitrogen and oxygen atoms in total. The summed E-state index contributed by atoms with van der Waals surface area (Å²) in [6.07, 6.45) is 1.49. The second-order valence-corrected chi connectivity index (χ2v) is 7.27. The van der Waals surface area contributed by atoms with Crippen LogP contribution in [0.4, 0.5) is 10.5 Å². The Labute approximate surface area is 158 Å². The third-order valence-corrected chi connectivity index (χ3v) is 4.92. The van der Waals surface area contributed by atoms with Gasteiger partial charge in [0.2, 0.25) is 15.9 Å². The van der Waals surface area contributed by atoms with E-state index in [0.717, 1.165) is 5.56 Å². The minimum absolute atomic E-state index is 0.164. The number of nitrogens with one attached hydrogen (secondary N) is 3. The lowest BCUT2D eigenvalue weighted by Crippen LogP contribution is -2.28. The Morgan fingerprint density at radius 3 is 2.44 bits per heavy atom. The van der Waals surface area contributed by atoms with E-state index in [1.807, 2.05) is 0 Å². The van der Waals surface area contributed by atoms with Gasteiger partial charge in [-0.1, -0.05) is 12.1 Å². The number of hydrogen-bond acceptors (Lipinski definition) is 6. The first-order valence-electron chi connectivity index (χ1n) is 8.10. The predicted molar refractivity (Wildman–Crippen MR) is 100 cm³/mol. The standard InChI is InChI=1S/C17H22N4O5S/c1-18-27(23,24)15-6-3-13(4-7-15)11-20-17(22)21-14-5-8-16(19-12-14)26-10-9-25-2/h3-8,12,18H,9-11H2,1-2H3,(H2,20,21,22). The molecule has 0 spiro atoms. The zero-order chi connectivity index (χ0) is 19.7. The normalized spacial score (nSPS) is 11.0. The number of carbonyl (C=O) groups excluding carboxylic acids is 1. The van der Waals surface area contributed by atoms with Crippen LogP contribution in [0.2, 0.25) is 0 Å². The number of anilines is 1. The van der Waals surface area contributed by atoms with Gasteiger partial charge in [0.15, 0.2) is 0 Å². The Hall–Kier alpha value is -2.69. The maximum atomic E-state index is 12.0. The molecule has 0 unspecified atom stereocenters. The van der Waals surface area contributed by atoms with Gasteiger partial charge in [0, 0.05) is 19.7 Å². The summed E-state index contributed by atoms with van der Waals surface area (Å²) >= 11 is 0. The second kappa shape index (κ2) is 9.86. The first-order chi connectivity index (χ1) is 12.9. The highest BCUT2D eigenvalue weighted by Crippen LogP contribution is 2.12. The van der Waals surface area contributed by atoms with Crippen molar-refractivity contribution in [2.24, 2.45) is 0 Å². The van der Waals surface area contributed by atoms with E-state index in [2.05, 4.69) is 20.3 Å². The molecule has 0 fully saturated rings. The van der Waals surface area contributed by atoms with Crippen molar-refractivity contribution < 1.29 is 22.7 Å². The molecule has 0 saturated heterocycles. The van der Waals surface area contributed by atoms with Crippen LogP contribution in [0.15, 0.2) is 47.5 Å². The summed E-state index contributed by atoms with van der Waals surface area (Å²) < 4.78 is 35.8. The molecule has 0 saturated carbocycles. The third kappa shape index (κ3) is 6.51. The molecular weight excluding hydrogens is 372 g/mol. The molecule has 1 heterocycles. The highest BCUT2D eigenvalue weighted by atomic mass is 32.2. The number of benzene rings is 1. The maximum absolute atomic E-state index is 12.0. The van der Waals surface area contributed by atoms with Gasteiger partial charge in [-0.3, -0.25) is 0 Å². The van der Waals surface area contributed by atoms with Crippen molar-refractivity contribution in [3.05, 3.63) is 48.2 Å². The topological polar surface area (TPSA) is 119 Å². The maximum Gasteiger partial charge on any atom is 0.319 e. The summed E-state index contributed by atoms with van der Waals surface area (Å²) in [5.74, 6) is 0.439. The van der Waals surface area contributed by atoms with Crippen LogP contribution in [-0.4, -0.2) is 46.8 Å². The summed E-state index contributed by atoms with van der Waals surface area (Å²) in [4.78, 5) is 16.2. The Balaban J connectivity index is 1.82. The number of carbonyl (C=O) groups is 1. The minimum Gasteiger partial charge on any atom is -0.475 e. The van der Waals surface area contributed by atoms with E-state index in [-0.39, 0.29) is 11.4 Å². The molecule has 27 heavy (non-hydrogen) atoms. The molecule has 0 bridgehead atoms. The molecule has 1 aromatic heterocycles. The van der Waals surface area contributed by atoms with Crippen molar-refractivity contribution in [2.75, 3.05) is 32.7 Å². The Morgan fingerprint density at radius 2 is 1.85 bits per heavy atom. The number of amides is 2. The Morgan fingerprint density at radius 1 is 1.11 bits per heavy atom. The number of rotatable bonds is 9. The molecule has 0 radical (unpaired) electrons. The number of hydrogen-bond donors (Lipinski definition) is 3. The quantitative estimate of drug-likeness (QED) is 0.552. The van der Waals surface area contributed by atoms with Crippen LogP contribution in [0.5, 0.6) is 5.88 Å². The predicted octanol–water partition coefficient (Wildman–Crippen LogP) is 1.34. The van der Waals surface area contributed by atoms with Crippen LogP contribution < -0.4 is 20.1 Å². The van der Waals surface area contributed by atoms with Gasteiger partial charge < -0.3 is 20.1 Å². The second-order valence-electron chi connectivity index (χ2n) is 5.39. The molecule has 0 aliphatic heterocycles. The van der Waals surface area contributed by atoms with E-state index in [1.54, 1.807) is 31.4 Å². The molecule has 2 amide bonds. The number of sulfonamides is 1. The summed E-state index contributed by atoms with van der Waals surface area (Å²) in [5.41, 5.74) is 1.28. The minimum atomic E-state index is -3.47. The van der Waals surface area contributed by atoms with Gasteiger partial charge in [0.25, 0.3) is 0 Å². The molecular formula is C17H22N4O5S. The van der Waals surface area contributed by atoms with Crippen molar-refractivity contribution in [3.8, 4) is 5.88 Å². The van der Waals surface area contributed by atoms with Crippen molar-refractivity contribution in [2.45, 2.75) is 11.4 Å². The van der Waals surface area contributed by atoms with E-state index in [4.69, 9.17) is 9.47 Å². The summed E-state index contributed by atoms with van der Waals surface area (Å²) in [6, 6.07) is 9.14. The van der Waals surface area contributed by atoms with E-state index < -0.39 is 16.1 Å². The highest BCUT2D eigenvalue weighted by Gasteiger charge is 2.10. The van der Waals surface area contributed by atoms with Gasteiger partial charge in [0.05, 0.1) is 23.4 Å². The van der Waals surface area contributed by atoms with Crippen LogP contribution in [0, 0.1) is 0 Å². The van der Waals surface area contributed by atoms with E-state index in [1.165, 1.54) is 25.4 Å². The highest BCUT2D eigenvalue weighted by molar-refractivity contribution is 7.89. The summed E-state index contributed by atoms with van der Waals surface area (Å²) in [6.45, 7) is 1.11. The van der Waals surface area contributed by atoms with Gasteiger partial charge in [0.1, 0.15) is 6.61 Å². The summed E-state index contributed by atoms with van der Waals surface area (Å²) in [5, 5.41) is 5.34.